The molecule has 1 aromatic rings. The van der Waals surface area contributed by atoms with Crippen LogP contribution in [0.15, 0.2) is 30.3 Å². The Morgan fingerprint density at radius 1 is 1.15 bits per heavy atom. The van der Waals surface area contributed by atoms with Gasteiger partial charge in [-0.2, -0.15) is 0 Å². The highest BCUT2D eigenvalue weighted by Crippen LogP contribution is 2.35. The molecule has 0 aromatic heterocycles. The van der Waals surface area contributed by atoms with Crippen LogP contribution in [0.25, 0.3) is 0 Å². The topological polar surface area (TPSA) is 43.4 Å². The summed E-state index contributed by atoms with van der Waals surface area (Å²) < 4.78 is 5.13. The minimum Gasteiger partial charge on any atom is -0.465 e. The Balaban J connectivity index is 3.27. The standard InChI is InChI=1S/C16H24O3Si/c1-6-19-16(18)14(12(2)17)15(20(3,4)5)13-10-8-7-9-11-13/h7-11,14-15H,6H2,1-5H3. The van der Waals surface area contributed by atoms with Crippen LogP contribution in [0.3, 0.4) is 0 Å². The molecule has 0 spiro atoms. The highest BCUT2D eigenvalue weighted by Gasteiger charge is 2.42. The number of esters is 1. The number of carbonyl (C=O) groups excluding carboxylic acids is 2. The highest BCUT2D eigenvalue weighted by molar-refractivity contribution is 6.78. The zero-order chi connectivity index (χ0) is 15.3. The third kappa shape index (κ3) is 4.03. The predicted molar refractivity (Wildman–Crippen MR) is 83.3 cm³/mol. The molecule has 2 atom stereocenters. The molecule has 0 aliphatic rings. The monoisotopic (exact) mass is 292 g/mol. The molecular weight excluding hydrogens is 268 g/mol. The number of carbonyl (C=O) groups is 2. The fraction of sp³-hybridized carbons (Fsp3) is 0.500. The summed E-state index contributed by atoms with van der Waals surface area (Å²) >= 11 is 0. The molecule has 20 heavy (non-hydrogen) atoms. The predicted octanol–water partition coefficient (Wildman–Crippen LogP) is 3.42. The van der Waals surface area contributed by atoms with Gasteiger partial charge in [-0.3, -0.25) is 9.59 Å². The molecule has 0 N–H and O–H groups in total. The minimum absolute atomic E-state index is 0.0553. The van der Waals surface area contributed by atoms with Crippen molar-refractivity contribution in [3.8, 4) is 0 Å². The molecule has 1 aromatic carbocycles. The summed E-state index contributed by atoms with van der Waals surface area (Å²) in [6, 6.07) is 9.84. The smallest absolute Gasteiger partial charge is 0.316 e. The second-order valence-electron chi connectivity index (χ2n) is 6.09. The fourth-order valence-electron chi connectivity index (χ4n) is 2.62. The lowest BCUT2D eigenvalue weighted by atomic mass is 9.95. The Bertz CT molecular complexity index is 462. The number of Topliss-reactive ketones (excluding diaryl/α,β-unsaturated/α-hetero) is 1. The van der Waals surface area contributed by atoms with Gasteiger partial charge in [0.2, 0.25) is 0 Å². The first-order chi connectivity index (χ1) is 9.29. The maximum Gasteiger partial charge on any atom is 0.316 e. The maximum absolute atomic E-state index is 12.2. The van der Waals surface area contributed by atoms with Gasteiger partial charge in [-0.1, -0.05) is 50.0 Å². The number of benzene rings is 1. The van der Waals surface area contributed by atoms with E-state index in [0.29, 0.717) is 6.61 Å². The quantitative estimate of drug-likeness (QED) is 0.458. The van der Waals surface area contributed by atoms with Gasteiger partial charge < -0.3 is 4.74 Å². The van der Waals surface area contributed by atoms with Crippen LogP contribution in [0, 0.1) is 5.92 Å². The lowest BCUT2D eigenvalue weighted by Crippen LogP contribution is -2.43. The Morgan fingerprint density at radius 3 is 2.10 bits per heavy atom. The molecule has 0 saturated carbocycles. The first-order valence-electron chi connectivity index (χ1n) is 7.01. The summed E-state index contributed by atoms with van der Waals surface area (Å²) in [5, 5.41) is 0. The van der Waals surface area contributed by atoms with Crippen molar-refractivity contribution in [3.63, 3.8) is 0 Å². The third-order valence-electron chi connectivity index (χ3n) is 3.40. The van der Waals surface area contributed by atoms with Crippen molar-refractivity contribution in [2.75, 3.05) is 6.61 Å². The lowest BCUT2D eigenvalue weighted by Gasteiger charge is -2.33. The Hall–Kier alpha value is -1.42. The molecule has 0 aliphatic carbocycles. The van der Waals surface area contributed by atoms with Gasteiger partial charge in [0.1, 0.15) is 11.7 Å². The van der Waals surface area contributed by atoms with E-state index in [-0.39, 0.29) is 11.3 Å². The molecule has 2 unspecified atom stereocenters. The average molecular weight is 292 g/mol. The molecule has 3 nitrogen and oxygen atoms in total. The summed E-state index contributed by atoms with van der Waals surface area (Å²) in [7, 11) is -1.77. The van der Waals surface area contributed by atoms with Crippen LogP contribution in [0.4, 0.5) is 0 Å². The van der Waals surface area contributed by atoms with Crippen molar-refractivity contribution in [3.05, 3.63) is 35.9 Å². The van der Waals surface area contributed by atoms with Crippen LogP contribution < -0.4 is 0 Å². The molecule has 0 heterocycles. The van der Waals surface area contributed by atoms with E-state index in [9.17, 15) is 9.59 Å². The van der Waals surface area contributed by atoms with Gasteiger partial charge in [0.25, 0.3) is 0 Å². The Labute approximate surface area is 122 Å². The van der Waals surface area contributed by atoms with E-state index in [2.05, 4.69) is 19.6 Å². The number of ether oxygens (including phenoxy) is 1. The van der Waals surface area contributed by atoms with Crippen molar-refractivity contribution < 1.29 is 14.3 Å². The molecule has 0 radical (unpaired) electrons. The van der Waals surface area contributed by atoms with Crippen molar-refractivity contribution in [1.82, 2.24) is 0 Å². The first-order valence-corrected chi connectivity index (χ1v) is 10.6. The zero-order valence-corrected chi connectivity index (χ0v) is 14.0. The molecule has 4 heteroatoms. The van der Waals surface area contributed by atoms with Crippen LogP contribution >= 0.6 is 0 Å². The van der Waals surface area contributed by atoms with E-state index in [1.54, 1.807) is 6.92 Å². The van der Waals surface area contributed by atoms with Crippen LogP contribution in [0.2, 0.25) is 19.6 Å². The second-order valence-corrected chi connectivity index (χ2v) is 11.4. The van der Waals surface area contributed by atoms with Crippen LogP contribution in [-0.2, 0) is 14.3 Å². The average Bonchev–Trinajstić information content (AvgIpc) is 2.35. The molecule has 0 saturated heterocycles. The maximum atomic E-state index is 12.2. The second kappa shape index (κ2) is 6.84. The highest BCUT2D eigenvalue weighted by atomic mass is 28.3. The van der Waals surface area contributed by atoms with E-state index >= 15 is 0 Å². The number of hydrogen-bond acceptors (Lipinski definition) is 3. The van der Waals surface area contributed by atoms with Gasteiger partial charge >= 0.3 is 5.97 Å². The Kier molecular flexibility index (Phi) is 5.69. The Morgan fingerprint density at radius 2 is 1.70 bits per heavy atom. The van der Waals surface area contributed by atoms with Gasteiger partial charge in [-0.05, 0) is 25.0 Å². The first kappa shape index (κ1) is 16.6. The molecular formula is C16H24O3Si. The fourth-order valence-corrected chi connectivity index (χ4v) is 5.18. The van der Waals surface area contributed by atoms with Gasteiger partial charge in [0.05, 0.1) is 14.7 Å². The number of rotatable bonds is 6. The summed E-state index contributed by atoms with van der Waals surface area (Å²) in [5.41, 5.74) is 1.00. The van der Waals surface area contributed by atoms with E-state index in [0.717, 1.165) is 5.56 Å². The van der Waals surface area contributed by atoms with Gasteiger partial charge in [0.15, 0.2) is 0 Å². The lowest BCUT2D eigenvalue weighted by molar-refractivity contribution is -0.151. The van der Waals surface area contributed by atoms with Crippen molar-refractivity contribution in [2.24, 2.45) is 5.92 Å². The van der Waals surface area contributed by atoms with Gasteiger partial charge in [-0.15, -0.1) is 0 Å². The largest absolute Gasteiger partial charge is 0.465 e. The van der Waals surface area contributed by atoms with E-state index in [1.807, 2.05) is 30.3 Å². The molecule has 0 amide bonds. The number of ketones is 1. The van der Waals surface area contributed by atoms with Crippen LogP contribution in [0.1, 0.15) is 25.0 Å². The molecule has 0 bridgehead atoms. The van der Waals surface area contributed by atoms with Crippen molar-refractivity contribution in [1.29, 1.82) is 0 Å². The van der Waals surface area contributed by atoms with E-state index in [4.69, 9.17) is 4.74 Å². The number of hydrogen-bond donors (Lipinski definition) is 0. The van der Waals surface area contributed by atoms with Crippen molar-refractivity contribution >= 4 is 19.8 Å². The van der Waals surface area contributed by atoms with E-state index in [1.165, 1.54) is 6.92 Å². The summed E-state index contributed by atoms with van der Waals surface area (Å²) in [6.45, 7) is 10.1. The normalized spacial score (nSPS) is 14.4. The summed E-state index contributed by atoms with van der Waals surface area (Å²) in [6.07, 6.45) is 0. The van der Waals surface area contributed by atoms with Crippen LogP contribution in [-0.4, -0.2) is 26.4 Å². The van der Waals surface area contributed by atoms with Crippen LogP contribution in [0.5, 0.6) is 0 Å². The van der Waals surface area contributed by atoms with Gasteiger partial charge in [-0.25, -0.2) is 0 Å². The minimum atomic E-state index is -1.77. The van der Waals surface area contributed by atoms with E-state index < -0.39 is 20.0 Å². The summed E-state index contributed by atoms with van der Waals surface area (Å²) in [4.78, 5) is 24.3. The molecule has 110 valence electrons. The zero-order valence-electron chi connectivity index (χ0n) is 13.0. The molecule has 0 aliphatic heterocycles. The van der Waals surface area contributed by atoms with Gasteiger partial charge in [0, 0.05) is 0 Å². The SMILES string of the molecule is CCOC(=O)C(C(C)=O)C(c1ccccc1)[Si](C)(C)C. The third-order valence-corrected chi connectivity index (χ3v) is 5.94. The van der Waals surface area contributed by atoms with Crippen molar-refractivity contribution in [2.45, 2.75) is 39.0 Å². The molecule has 1 rings (SSSR count). The summed E-state index contributed by atoms with van der Waals surface area (Å²) in [5.74, 6) is -1.19. The molecule has 0 fully saturated rings.